The molecule has 1 aromatic heterocycles. The van der Waals surface area contributed by atoms with Crippen molar-refractivity contribution in [2.24, 2.45) is 0 Å². The Morgan fingerprint density at radius 2 is 1.86 bits per heavy atom. The number of para-hydroxylation sites is 1. The molecule has 1 N–H and O–H groups in total. The topological polar surface area (TPSA) is 105 Å². The maximum atomic E-state index is 11.8. The van der Waals surface area contributed by atoms with Crippen molar-refractivity contribution in [2.45, 2.75) is 37.1 Å². The molecule has 0 aliphatic carbocycles. The van der Waals surface area contributed by atoms with Crippen LogP contribution in [-0.4, -0.2) is 37.7 Å². The molecule has 0 amide bonds. The average Bonchev–Trinajstić information content (AvgIpc) is 2.95. The minimum atomic E-state index is -3.70. The highest BCUT2D eigenvalue weighted by molar-refractivity contribution is 7.90. The molecule has 0 spiro atoms. The Hall–Kier alpha value is -2.68. The zero-order chi connectivity index (χ0) is 20.1. The van der Waals surface area contributed by atoms with Crippen LogP contribution in [-0.2, 0) is 16.4 Å². The first kappa shape index (κ1) is 20.1. The molecule has 150 valence electrons. The molecule has 1 fully saturated rings. The number of nitro groups is 1. The summed E-state index contributed by atoms with van der Waals surface area (Å²) >= 11 is 0. The van der Waals surface area contributed by atoms with Crippen molar-refractivity contribution in [1.29, 1.82) is 0 Å². The summed E-state index contributed by atoms with van der Waals surface area (Å²) < 4.78 is 23.7. The number of nitrogens with zero attached hydrogens (tertiary/aromatic N) is 3. The third-order valence-electron chi connectivity index (χ3n) is 4.80. The van der Waals surface area contributed by atoms with Crippen molar-refractivity contribution in [1.82, 2.24) is 4.98 Å². The van der Waals surface area contributed by atoms with Gasteiger partial charge in [-0.25, -0.2) is 13.4 Å². The van der Waals surface area contributed by atoms with Crippen LogP contribution in [0.25, 0.3) is 0 Å². The Labute approximate surface area is 164 Å². The van der Waals surface area contributed by atoms with E-state index < -0.39 is 20.4 Å². The van der Waals surface area contributed by atoms with Gasteiger partial charge in [-0.3, -0.25) is 10.1 Å². The zero-order valence-electron chi connectivity index (χ0n) is 15.8. The van der Waals surface area contributed by atoms with Gasteiger partial charge in [0.05, 0.1) is 4.92 Å². The summed E-state index contributed by atoms with van der Waals surface area (Å²) in [6.07, 6.45) is 7.56. The first-order valence-electron chi connectivity index (χ1n) is 9.27. The van der Waals surface area contributed by atoms with Crippen LogP contribution in [0.1, 0.15) is 31.2 Å². The maximum Gasteiger partial charge on any atom is 0.310 e. The number of anilines is 2. The van der Waals surface area contributed by atoms with Gasteiger partial charge in [0.15, 0.2) is 9.84 Å². The number of rotatable bonds is 6. The Morgan fingerprint density at radius 3 is 2.43 bits per heavy atom. The molecule has 1 saturated heterocycles. The highest BCUT2D eigenvalue weighted by atomic mass is 32.2. The van der Waals surface area contributed by atoms with Crippen molar-refractivity contribution >= 4 is 27.0 Å². The van der Waals surface area contributed by atoms with E-state index in [-0.39, 0.29) is 10.6 Å². The second-order valence-corrected chi connectivity index (χ2v) is 8.95. The lowest BCUT2D eigenvalue weighted by molar-refractivity contribution is -0.386. The number of pyridine rings is 1. The SMILES string of the molecule is CS(=O)(=O)c1cccc(NCc2ccc(N3CCCCCC3)nc2)c1[N+](=O)[O-]. The molecule has 0 unspecified atom stereocenters. The summed E-state index contributed by atoms with van der Waals surface area (Å²) in [5, 5.41) is 14.4. The maximum absolute atomic E-state index is 11.8. The number of hydrogen-bond acceptors (Lipinski definition) is 7. The fourth-order valence-electron chi connectivity index (χ4n) is 3.36. The van der Waals surface area contributed by atoms with Gasteiger partial charge in [0, 0.05) is 32.1 Å². The molecule has 1 aliphatic heterocycles. The molecule has 0 saturated carbocycles. The van der Waals surface area contributed by atoms with Gasteiger partial charge in [-0.05, 0) is 36.6 Å². The van der Waals surface area contributed by atoms with Crippen LogP contribution in [0.15, 0.2) is 41.4 Å². The van der Waals surface area contributed by atoms with Gasteiger partial charge in [0.2, 0.25) is 0 Å². The van der Waals surface area contributed by atoms with E-state index in [2.05, 4.69) is 15.2 Å². The van der Waals surface area contributed by atoms with E-state index in [4.69, 9.17) is 0 Å². The normalized spacial score (nSPS) is 15.1. The van der Waals surface area contributed by atoms with E-state index in [9.17, 15) is 18.5 Å². The summed E-state index contributed by atoms with van der Waals surface area (Å²) in [5.74, 6) is 0.940. The molecule has 9 heteroatoms. The van der Waals surface area contributed by atoms with Gasteiger partial charge in [-0.1, -0.05) is 25.0 Å². The van der Waals surface area contributed by atoms with Crippen molar-refractivity contribution in [2.75, 3.05) is 29.6 Å². The Bertz CT molecular complexity index is 937. The zero-order valence-corrected chi connectivity index (χ0v) is 16.6. The molecule has 28 heavy (non-hydrogen) atoms. The fourth-order valence-corrected chi connectivity index (χ4v) is 4.22. The Kier molecular flexibility index (Phi) is 6.13. The molecule has 1 aromatic carbocycles. The molecule has 0 radical (unpaired) electrons. The number of hydrogen-bond donors (Lipinski definition) is 1. The monoisotopic (exact) mass is 404 g/mol. The molecular formula is C19H24N4O4S. The quantitative estimate of drug-likeness (QED) is 0.581. The summed E-state index contributed by atoms with van der Waals surface area (Å²) in [6.45, 7) is 2.32. The Balaban J connectivity index is 1.74. The summed E-state index contributed by atoms with van der Waals surface area (Å²) in [7, 11) is -3.70. The molecule has 1 aliphatic rings. The van der Waals surface area contributed by atoms with Crippen LogP contribution in [0, 0.1) is 10.1 Å². The third kappa shape index (κ3) is 4.78. The summed E-state index contributed by atoms with van der Waals surface area (Å²) in [6, 6.07) is 8.14. The fraction of sp³-hybridized carbons (Fsp3) is 0.421. The summed E-state index contributed by atoms with van der Waals surface area (Å²) in [4.78, 5) is 17.3. The molecule has 2 aromatic rings. The van der Waals surface area contributed by atoms with Gasteiger partial charge in [-0.2, -0.15) is 0 Å². The number of benzene rings is 1. The Morgan fingerprint density at radius 1 is 1.14 bits per heavy atom. The van der Waals surface area contributed by atoms with E-state index in [1.54, 1.807) is 6.20 Å². The second-order valence-electron chi connectivity index (χ2n) is 6.96. The predicted molar refractivity (Wildman–Crippen MR) is 108 cm³/mol. The van der Waals surface area contributed by atoms with Crippen molar-refractivity contribution in [3.63, 3.8) is 0 Å². The van der Waals surface area contributed by atoms with E-state index in [1.807, 2.05) is 12.1 Å². The molecule has 0 atom stereocenters. The lowest BCUT2D eigenvalue weighted by atomic mass is 10.2. The van der Waals surface area contributed by atoms with Crippen LogP contribution in [0.3, 0.4) is 0 Å². The minimum absolute atomic E-state index is 0.171. The molecule has 8 nitrogen and oxygen atoms in total. The largest absolute Gasteiger partial charge is 0.375 e. The molecule has 2 heterocycles. The lowest BCUT2D eigenvalue weighted by Crippen LogP contribution is -2.24. The van der Waals surface area contributed by atoms with Crippen LogP contribution in [0.4, 0.5) is 17.2 Å². The number of nitrogens with one attached hydrogen (secondary N) is 1. The average molecular weight is 404 g/mol. The smallest absolute Gasteiger partial charge is 0.310 e. The van der Waals surface area contributed by atoms with E-state index in [0.717, 1.165) is 30.7 Å². The van der Waals surface area contributed by atoms with E-state index >= 15 is 0 Å². The van der Waals surface area contributed by atoms with Crippen LogP contribution >= 0.6 is 0 Å². The number of sulfone groups is 1. The van der Waals surface area contributed by atoms with Crippen LogP contribution < -0.4 is 10.2 Å². The third-order valence-corrected chi connectivity index (χ3v) is 5.93. The number of aromatic nitrogens is 1. The first-order chi connectivity index (χ1) is 13.4. The molecular weight excluding hydrogens is 380 g/mol. The first-order valence-corrected chi connectivity index (χ1v) is 11.2. The molecule has 0 bridgehead atoms. The predicted octanol–water partition coefficient (Wildman–Crippen LogP) is 3.39. The second kappa shape index (κ2) is 8.55. The van der Waals surface area contributed by atoms with Gasteiger partial charge >= 0.3 is 5.69 Å². The van der Waals surface area contributed by atoms with Gasteiger partial charge in [0.1, 0.15) is 16.4 Å². The van der Waals surface area contributed by atoms with Crippen LogP contribution in [0.5, 0.6) is 0 Å². The van der Waals surface area contributed by atoms with Gasteiger partial charge < -0.3 is 10.2 Å². The van der Waals surface area contributed by atoms with Gasteiger partial charge in [0.25, 0.3) is 0 Å². The van der Waals surface area contributed by atoms with E-state index in [1.165, 1.54) is 43.9 Å². The van der Waals surface area contributed by atoms with E-state index in [0.29, 0.717) is 6.54 Å². The standard InChI is InChI=1S/C19H24N4O4S/c1-28(26,27)17-8-6-7-16(19(17)23(24)25)20-13-15-9-10-18(21-14-15)22-11-4-2-3-5-12-22/h6-10,14,20H,2-5,11-13H2,1H3. The minimum Gasteiger partial charge on any atom is -0.375 e. The van der Waals surface area contributed by atoms with Crippen LogP contribution in [0.2, 0.25) is 0 Å². The van der Waals surface area contributed by atoms with Gasteiger partial charge in [-0.15, -0.1) is 0 Å². The highest BCUT2D eigenvalue weighted by Gasteiger charge is 2.25. The highest BCUT2D eigenvalue weighted by Crippen LogP contribution is 2.32. The summed E-state index contributed by atoms with van der Waals surface area (Å²) in [5.41, 5.74) is 0.598. The lowest BCUT2D eigenvalue weighted by Gasteiger charge is -2.21. The number of nitro benzene ring substituents is 1. The molecule has 3 rings (SSSR count). The van der Waals surface area contributed by atoms with Crippen molar-refractivity contribution in [3.05, 3.63) is 52.2 Å². The van der Waals surface area contributed by atoms with Crippen molar-refractivity contribution < 1.29 is 13.3 Å². The van der Waals surface area contributed by atoms with Crippen molar-refractivity contribution in [3.8, 4) is 0 Å².